The van der Waals surface area contributed by atoms with Gasteiger partial charge in [-0.1, -0.05) is 43.4 Å². The van der Waals surface area contributed by atoms with Crippen LogP contribution in [0.15, 0.2) is 11.0 Å². The quantitative estimate of drug-likeness (QED) is 0.641. The molecule has 1 saturated heterocycles. The molecule has 1 aliphatic carbocycles. The first kappa shape index (κ1) is 14.5. The van der Waals surface area contributed by atoms with Gasteiger partial charge in [-0.05, 0) is 25.7 Å². The van der Waals surface area contributed by atoms with Gasteiger partial charge < -0.3 is 5.11 Å². The predicted molar refractivity (Wildman–Crippen MR) is 78.8 cm³/mol. The van der Waals surface area contributed by atoms with Gasteiger partial charge >= 0.3 is 5.97 Å². The SMILES string of the molecule is CC/C=C1/SC(=S)N(C2CCCC(C(=O)O)C2)C1=O. The van der Waals surface area contributed by atoms with Crippen LogP contribution >= 0.6 is 24.0 Å². The number of hydrogen-bond acceptors (Lipinski definition) is 4. The molecule has 4 nitrogen and oxygen atoms in total. The maximum atomic E-state index is 12.3. The molecule has 0 aromatic heterocycles. The number of thioether (sulfide) groups is 1. The van der Waals surface area contributed by atoms with Crippen LogP contribution in [0.3, 0.4) is 0 Å². The molecule has 2 atom stereocenters. The Morgan fingerprint density at radius 3 is 2.95 bits per heavy atom. The second kappa shape index (κ2) is 6.05. The second-order valence-corrected chi connectivity index (χ2v) is 6.55. The Morgan fingerprint density at radius 1 is 1.58 bits per heavy atom. The zero-order valence-corrected chi connectivity index (χ0v) is 12.4. The van der Waals surface area contributed by atoms with E-state index in [4.69, 9.17) is 17.3 Å². The summed E-state index contributed by atoms with van der Waals surface area (Å²) in [5.74, 6) is -1.16. The number of carbonyl (C=O) groups is 2. The molecule has 0 bridgehead atoms. The molecule has 6 heteroatoms. The van der Waals surface area contributed by atoms with Crippen LogP contribution in [0.5, 0.6) is 0 Å². The third-order valence-electron chi connectivity index (χ3n) is 3.57. The van der Waals surface area contributed by atoms with E-state index in [-0.39, 0.29) is 17.9 Å². The maximum absolute atomic E-state index is 12.3. The first-order valence-electron chi connectivity index (χ1n) is 6.53. The molecule has 1 heterocycles. The lowest BCUT2D eigenvalue weighted by Gasteiger charge is -2.32. The van der Waals surface area contributed by atoms with Gasteiger partial charge in [0, 0.05) is 6.04 Å². The van der Waals surface area contributed by atoms with Crippen LogP contribution in [0.4, 0.5) is 0 Å². The van der Waals surface area contributed by atoms with Crippen LogP contribution in [0, 0.1) is 5.92 Å². The van der Waals surface area contributed by atoms with Crippen molar-refractivity contribution in [2.45, 2.75) is 45.1 Å². The molecule has 0 aromatic rings. The predicted octanol–water partition coefficient (Wildman–Crippen LogP) is 2.78. The molecule has 0 radical (unpaired) electrons. The third kappa shape index (κ3) is 3.00. The molecule has 0 aromatic carbocycles. The number of carbonyl (C=O) groups excluding carboxylic acids is 1. The van der Waals surface area contributed by atoms with Gasteiger partial charge in [0.2, 0.25) is 0 Å². The van der Waals surface area contributed by atoms with Crippen LogP contribution in [-0.4, -0.2) is 32.2 Å². The maximum Gasteiger partial charge on any atom is 0.306 e. The number of nitrogens with zero attached hydrogens (tertiary/aromatic N) is 1. The minimum Gasteiger partial charge on any atom is -0.481 e. The van der Waals surface area contributed by atoms with Crippen molar-refractivity contribution in [3.05, 3.63) is 11.0 Å². The molecule has 2 fully saturated rings. The van der Waals surface area contributed by atoms with Crippen molar-refractivity contribution < 1.29 is 14.7 Å². The summed E-state index contributed by atoms with van der Waals surface area (Å²) in [5, 5.41) is 9.11. The Morgan fingerprint density at radius 2 is 2.32 bits per heavy atom. The highest BCUT2D eigenvalue weighted by Gasteiger charge is 2.40. The van der Waals surface area contributed by atoms with Gasteiger partial charge in [0.25, 0.3) is 5.91 Å². The van der Waals surface area contributed by atoms with Crippen molar-refractivity contribution in [2.75, 3.05) is 0 Å². The van der Waals surface area contributed by atoms with Gasteiger partial charge in [-0.15, -0.1) is 0 Å². The number of carboxylic acid groups (broad SMARTS) is 1. The normalized spacial score (nSPS) is 30.2. The molecule has 1 saturated carbocycles. The van der Waals surface area contributed by atoms with Crippen molar-refractivity contribution in [1.29, 1.82) is 0 Å². The van der Waals surface area contributed by atoms with Crippen LogP contribution < -0.4 is 0 Å². The second-order valence-electron chi connectivity index (χ2n) is 4.88. The minimum atomic E-state index is -0.765. The van der Waals surface area contributed by atoms with Crippen molar-refractivity contribution in [3.8, 4) is 0 Å². The van der Waals surface area contributed by atoms with Gasteiger partial charge in [0.15, 0.2) is 0 Å². The van der Waals surface area contributed by atoms with E-state index >= 15 is 0 Å². The molecular formula is C13H17NO3S2. The third-order valence-corrected chi connectivity index (χ3v) is 4.95. The average molecular weight is 299 g/mol. The molecule has 19 heavy (non-hydrogen) atoms. The van der Waals surface area contributed by atoms with Gasteiger partial charge in [-0.25, -0.2) is 0 Å². The fourth-order valence-corrected chi connectivity index (χ4v) is 4.10. The number of aliphatic carboxylic acids is 1. The fourth-order valence-electron chi connectivity index (χ4n) is 2.64. The zero-order chi connectivity index (χ0) is 14.0. The largest absolute Gasteiger partial charge is 0.481 e. The van der Waals surface area contributed by atoms with Crippen molar-refractivity contribution in [2.24, 2.45) is 5.92 Å². The Hall–Kier alpha value is -0.880. The summed E-state index contributed by atoms with van der Waals surface area (Å²) in [5.41, 5.74) is 0. The summed E-state index contributed by atoms with van der Waals surface area (Å²) in [6, 6.07) is -0.0508. The Labute approximate surface area is 122 Å². The minimum absolute atomic E-state index is 0.0483. The topological polar surface area (TPSA) is 57.6 Å². The zero-order valence-electron chi connectivity index (χ0n) is 10.8. The first-order chi connectivity index (χ1) is 9.04. The van der Waals surface area contributed by atoms with Crippen LogP contribution in [0.2, 0.25) is 0 Å². The monoisotopic (exact) mass is 299 g/mol. The van der Waals surface area contributed by atoms with Gasteiger partial charge in [-0.3, -0.25) is 14.5 Å². The molecule has 1 amide bonds. The van der Waals surface area contributed by atoms with Crippen molar-refractivity contribution in [3.63, 3.8) is 0 Å². The van der Waals surface area contributed by atoms with E-state index in [1.807, 2.05) is 13.0 Å². The van der Waals surface area contributed by atoms with Crippen LogP contribution in [0.25, 0.3) is 0 Å². The van der Waals surface area contributed by atoms with Gasteiger partial charge in [0.05, 0.1) is 10.8 Å². The van der Waals surface area contributed by atoms with E-state index in [0.717, 1.165) is 19.3 Å². The Bertz CT molecular complexity index is 447. The molecular weight excluding hydrogens is 282 g/mol. The van der Waals surface area contributed by atoms with Gasteiger partial charge in [-0.2, -0.15) is 0 Å². The Kier molecular flexibility index (Phi) is 4.62. The number of carboxylic acids is 1. The van der Waals surface area contributed by atoms with E-state index in [9.17, 15) is 9.59 Å². The van der Waals surface area contributed by atoms with Crippen LogP contribution in [0.1, 0.15) is 39.0 Å². The number of thiocarbonyl (C=S) groups is 1. The number of hydrogen-bond donors (Lipinski definition) is 1. The van der Waals surface area contributed by atoms with E-state index in [1.54, 1.807) is 4.90 Å². The number of allylic oxidation sites excluding steroid dienone is 1. The summed E-state index contributed by atoms with van der Waals surface area (Å²) in [6.07, 6.45) is 5.58. The lowest BCUT2D eigenvalue weighted by atomic mass is 9.85. The highest BCUT2D eigenvalue weighted by atomic mass is 32.2. The molecule has 2 unspecified atom stereocenters. The van der Waals surface area contributed by atoms with E-state index in [0.29, 0.717) is 22.1 Å². The highest BCUT2D eigenvalue weighted by Crippen LogP contribution is 2.37. The lowest BCUT2D eigenvalue weighted by molar-refractivity contribution is -0.144. The lowest BCUT2D eigenvalue weighted by Crippen LogP contribution is -2.42. The molecule has 0 spiro atoms. The first-order valence-corrected chi connectivity index (χ1v) is 7.75. The van der Waals surface area contributed by atoms with Crippen molar-refractivity contribution >= 4 is 40.2 Å². The standard InChI is InChI=1S/C13H17NO3S2/c1-2-4-10-11(15)14(13(18)19-10)9-6-3-5-8(7-9)12(16)17/h4,8-9H,2-3,5-7H2,1H3,(H,16,17)/b10-4+. The highest BCUT2D eigenvalue weighted by molar-refractivity contribution is 8.26. The smallest absolute Gasteiger partial charge is 0.306 e. The van der Waals surface area contributed by atoms with E-state index < -0.39 is 5.97 Å². The van der Waals surface area contributed by atoms with Gasteiger partial charge in [0.1, 0.15) is 4.32 Å². The molecule has 1 aliphatic heterocycles. The summed E-state index contributed by atoms with van der Waals surface area (Å²) >= 11 is 6.60. The molecule has 2 rings (SSSR count). The molecule has 1 N–H and O–H groups in total. The summed E-state index contributed by atoms with van der Waals surface area (Å²) in [6.45, 7) is 1.98. The van der Waals surface area contributed by atoms with E-state index in [2.05, 4.69) is 0 Å². The molecule has 2 aliphatic rings. The van der Waals surface area contributed by atoms with Crippen molar-refractivity contribution in [1.82, 2.24) is 4.90 Å². The summed E-state index contributed by atoms with van der Waals surface area (Å²) in [4.78, 5) is 25.7. The average Bonchev–Trinajstić information content (AvgIpc) is 2.65. The Balaban J connectivity index is 2.13. The van der Waals surface area contributed by atoms with E-state index in [1.165, 1.54) is 11.8 Å². The number of amides is 1. The fraction of sp³-hybridized carbons (Fsp3) is 0.615. The van der Waals surface area contributed by atoms with Crippen LogP contribution in [-0.2, 0) is 9.59 Å². The summed E-state index contributed by atoms with van der Waals surface area (Å²) in [7, 11) is 0. The molecule has 104 valence electrons. The summed E-state index contributed by atoms with van der Waals surface area (Å²) < 4.78 is 0.570. The number of rotatable bonds is 3.